The molecule has 1 aliphatic rings. The van der Waals surface area contributed by atoms with Gasteiger partial charge in [-0.05, 0) is 69.8 Å². The second kappa shape index (κ2) is 12.2. The Morgan fingerprint density at radius 3 is 2.67 bits per heavy atom. The van der Waals surface area contributed by atoms with Crippen LogP contribution < -0.4 is 10.6 Å². The number of nitrogens with one attached hydrogen (secondary N) is 2. The Morgan fingerprint density at radius 1 is 1.27 bits per heavy atom. The highest BCUT2D eigenvalue weighted by atomic mass is 127. The minimum absolute atomic E-state index is 0. The summed E-state index contributed by atoms with van der Waals surface area (Å²) in [5.41, 5.74) is 1.96. The summed E-state index contributed by atoms with van der Waals surface area (Å²) < 4.78 is 18.9. The first-order chi connectivity index (χ1) is 14.0. The van der Waals surface area contributed by atoms with Crippen LogP contribution in [0.2, 0.25) is 0 Å². The zero-order chi connectivity index (χ0) is 20.6. The molecule has 166 valence electrons. The van der Waals surface area contributed by atoms with Crippen molar-refractivity contribution in [1.29, 1.82) is 0 Å². The first-order valence-corrected chi connectivity index (χ1v) is 10.4. The molecular weight excluding hydrogens is 496 g/mol. The lowest BCUT2D eigenvalue weighted by molar-refractivity contribution is 0.164. The third-order valence-corrected chi connectivity index (χ3v) is 5.52. The lowest BCUT2D eigenvalue weighted by atomic mass is 9.97. The van der Waals surface area contributed by atoms with E-state index in [0.29, 0.717) is 5.92 Å². The maximum atomic E-state index is 13.2. The van der Waals surface area contributed by atoms with Crippen molar-refractivity contribution in [3.63, 3.8) is 0 Å². The van der Waals surface area contributed by atoms with Crippen LogP contribution in [0.5, 0.6) is 0 Å². The maximum Gasteiger partial charge on any atom is 0.208 e. The van der Waals surface area contributed by atoms with E-state index in [-0.39, 0.29) is 29.8 Å². The first-order valence-electron chi connectivity index (χ1n) is 10.4. The fourth-order valence-corrected chi connectivity index (χ4v) is 3.63. The van der Waals surface area contributed by atoms with Gasteiger partial charge in [0.2, 0.25) is 5.89 Å². The molecule has 1 saturated heterocycles. The summed E-state index contributed by atoms with van der Waals surface area (Å²) in [4.78, 5) is 11.2. The van der Waals surface area contributed by atoms with E-state index in [9.17, 15) is 4.39 Å². The predicted molar refractivity (Wildman–Crippen MR) is 129 cm³/mol. The van der Waals surface area contributed by atoms with Gasteiger partial charge in [0.25, 0.3) is 0 Å². The van der Waals surface area contributed by atoms with Crippen molar-refractivity contribution in [3.8, 4) is 0 Å². The third-order valence-electron chi connectivity index (χ3n) is 5.52. The number of hydrogen-bond acceptors (Lipinski definition) is 4. The lowest BCUT2D eigenvalue weighted by Gasteiger charge is -2.31. The average Bonchev–Trinajstić information content (AvgIpc) is 3.02. The number of aliphatic imine (C=N–C) groups is 1. The van der Waals surface area contributed by atoms with E-state index in [2.05, 4.69) is 25.5 Å². The Morgan fingerprint density at radius 2 is 2.03 bits per heavy atom. The van der Waals surface area contributed by atoms with Gasteiger partial charge in [-0.25, -0.2) is 9.37 Å². The number of nitrogens with zero attached hydrogens (tertiary/aromatic N) is 3. The summed E-state index contributed by atoms with van der Waals surface area (Å²) >= 11 is 0. The van der Waals surface area contributed by atoms with Gasteiger partial charge in [-0.3, -0.25) is 9.89 Å². The van der Waals surface area contributed by atoms with Gasteiger partial charge >= 0.3 is 0 Å². The fraction of sp³-hybridized carbons (Fsp3) is 0.545. The largest absolute Gasteiger partial charge is 0.444 e. The zero-order valence-electron chi connectivity index (χ0n) is 18.1. The van der Waals surface area contributed by atoms with Gasteiger partial charge < -0.3 is 15.1 Å². The molecule has 1 aromatic heterocycles. The van der Waals surface area contributed by atoms with Crippen LogP contribution >= 0.6 is 24.0 Å². The van der Waals surface area contributed by atoms with Crippen molar-refractivity contribution < 1.29 is 8.81 Å². The maximum absolute atomic E-state index is 13.2. The molecule has 2 N–H and O–H groups in total. The van der Waals surface area contributed by atoms with Crippen molar-refractivity contribution in [2.75, 3.05) is 33.2 Å². The average molecular weight is 529 g/mol. The van der Waals surface area contributed by atoms with Crippen molar-refractivity contribution in [2.45, 2.75) is 39.7 Å². The van der Waals surface area contributed by atoms with Gasteiger partial charge in [-0.1, -0.05) is 12.1 Å². The van der Waals surface area contributed by atoms with Gasteiger partial charge in [0, 0.05) is 20.1 Å². The summed E-state index contributed by atoms with van der Waals surface area (Å²) in [6, 6.07) is 6.73. The number of hydrogen-bond donors (Lipinski definition) is 2. The Labute approximate surface area is 195 Å². The lowest BCUT2D eigenvalue weighted by Crippen LogP contribution is -2.43. The summed E-state index contributed by atoms with van der Waals surface area (Å²) in [6.45, 7) is 8.47. The van der Waals surface area contributed by atoms with Crippen LogP contribution in [-0.2, 0) is 13.0 Å². The molecule has 0 spiro atoms. The highest BCUT2D eigenvalue weighted by molar-refractivity contribution is 14.0. The summed E-state index contributed by atoms with van der Waals surface area (Å²) in [5.74, 6) is 2.97. The minimum atomic E-state index is -0.190. The first kappa shape index (κ1) is 24.6. The fourth-order valence-electron chi connectivity index (χ4n) is 3.63. The molecule has 2 aromatic rings. The quantitative estimate of drug-likeness (QED) is 0.326. The van der Waals surface area contributed by atoms with E-state index in [1.54, 1.807) is 19.2 Å². The molecule has 0 bridgehead atoms. The van der Waals surface area contributed by atoms with Crippen LogP contribution in [0.1, 0.15) is 35.7 Å². The molecule has 1 fully saturated rings. The summed E-state index contributed by atoms with van der Waals surface area (Å²) in [5, 5.41) is 6.74. The van der Waals surface area contributed by atoms with Gasteiger partial charge in [-0.2, -0.15) is 0 Å². The number of likely N-dealkylation sites (tertiary alicyclic amines) is 1. The molecule has 1 aromatic carbocycles. The van der Waals surface area contributed by atoms with Crippen LogP contribution in [0.15, 0.2) is 33.7 Å². The molecule has 2 heterocycles. The topological polar surface area (TPSA) is 65.7 Å². The molecule has 30 heavy (non-hydrogen) atoms. The van der Waals surface area contributed by atoms with E-state index in [1.807, 2.05) is 19.9 Å². The Hall–Kier alpha value is -1.68. The molecule has 0 unspecified atom stereocenters. The number of benzene rings is 1. The van der Waals surface area contributed by atoms with Gasteiger partial charge in [0.1, 0.15) is 11.6 Å². The van der Waals surface area contributed by atoms with E-state index in [0.717, 1.165) is 80.9 Å². The number of halogens is 2. The zero-order valence-corrected chi connectivity index (χ0v) is 20.4. The Kier molecular flexibility index (Phi) is 10.0. The minimum Gasteiger partial charge on any atom is -0.444 e. The highest BCUT2D eigenvalue weighted by Crippen LogP contribution is 2.19. The van der Waals surface area contributed by atoms with E-state index < -0.39 is 0 Å². The molecule has 0 atom stereocenters. The molecule has 3 rings (SSSR count). The van der Waals surface area contributed by atoms with E-state index in [4.69, 9.17) is 4.42 Å². The molecule has 0 radical (unpaired) electrons. The number of guanidine groups is 1. The number of rotatable bonds is 7. The Balaban J connectivity index is 0.00000320. The number of piperidine rings is 1. The third kappa shape index (κ3) is 7.54. The second-order valence-electron chi connectivity index (χ2n) is 7.73. The van der Waals surface area contributed by atoms with Crippen molar-refractivity contribution >= 4 is 29.9 Å². The van der Waals surface area contributed by atoms with Crippen molar-refractivity contribution in [3.05, 3.63) is 53.0 Å². The normalized spacial score (nSPS) is 15.7. The molecule has 0 amide bonds. The molecule has 1 aliphatic heterocycles. The van der Waals surface area contributed by atoms with E-state index >= 15 is 0 Å². The van der Waals surface area contributed by atoms with Crippen LogP contribution in [0.25, 0.3) is 0 Å². The highest BCUT2D eigenvalue weighted by Gasteiger charge is 2.21. The van der Waals surface area contributed by atoms with Crippen LogP contribution in [0, 0.1) is 25.6 Å². The van der Waals surface area contributed by atoms with Crippen molar-refractivity contribution in [2.24, 2.45) is 10.9 Å². The monoisotopic (exact) mass is 529 g/mol. The Bertz CT molecular complexity index is 798. The summed E-state index contributed by atoms with van der Waals surface area (Å²) in [6.07, 6.45) is 3.05. The number of oxazole rings is 1. The molecular formula is C22H33FIN5O. The predicted octanol–water partition coefficient (Wildman–Crippen LogP) is 3.67. The van der Waals surface area contributed by atoms with Crippen molar-refractivity contribution in [1.82, 2.24) is 20.5 Å². The van der Waals surface area contributed by atoms with E-state index in [1.165, 1.54) is 6.07 Å². The molecule has 6 nitrogen and oxygen atoms in total. The van der Waals surface area contributed by atoms with Crippen LogP contribution in [0.3, 0.4) is 0 Å². The smallest absolute Gasteiger partial charge is 0.208 e. The SMILES string of the molecule is CN=C(NCCc1cccc(F)c1)NCC1CCN(Cc2nc(C)c(C)o2)CC1.I. The number of aromatic nitrogens is 1. The second-order valence-corrected chi connectivity index (χ2v) is 7.73. The van der Waals surface area contributed by atoms with Gasteiger partial charge in [0.05, 0.1) is 12.2 Å². The molecule has 0 saturated carbocycles. The van der Waals surface area contributed by atoms with Crippen LogP contribution in [0.4, 0.5) is 4.39 Å². The molecule has 8 heteroatoms. The van der Waals surface area contributed by atoms with Gasteiger partial charge in [-0.15, -0.1) is 24.0 Å². The van der Waals surface area contributed by atoms with Gasteiger partial charge in [0.15, 0.2) is 5.96 Å². The number of aryl methyl sites for hydroxylation is 2. The molecule has 0 aliphatic carbocycles. The standard InChI is InChI=1S/C22H32FN5O.HI/c1-16-17(2)29-21(27-16)15-28-11-8-19(9-12-28)14-26-22(24-3)25-10-7-18-5-4-6-20(23)13-18;/h4-6,13,19H,7-12,14-15H2,1-3H3,(H2,24,25,26);1H. The summed E-state index contributed by atoms with van der Waals surface area (Å²) in [7, 11) is 1.78. The van der Waals surface area contributed by atoms with Crippen LogP contribution in [-0.4, -0.2) is 49.1 Å².